The number of anilines is 1. The number of amides is 1. The van der Waals surface area contributed by atoms with Gasteiger partial charge in [0, 0.05) is 17.8 Å². The van der Waals surface area contributed by atoms with Crippen molar-refractivity contribution in [2.75, 3.05) is 5.32 Å². The van der Waals surface area contributed by atoms with Gasteiger partial charge in [0.25, 0.3) is 5.56 Å². The number of nitrogens with one attached hydrogen (secondary N) is 1. The zero-order valence-corrected chi connectivity index (χ0v) is 18.2. The predicted molar refractivity (Wildman–Crippen MR) is 114 cm³/mol. The van der Waals surface area contributed by atoms with Gasteiger partial charge in [0.15, 0.2) is 5.69 Å². The number of alkyl halides is 6. The van der Waals surface area contributed by atoms with E-state index in [-0.39, 0.29) is 33.7 Å². The van der Waals surface area contributed by atoms with Gasteiger partial charge in [0.2, 0.25) is 5.91 Å². The lowest BCUT2D eigenvalue weighted by atomic mass is 10.0. The summed E-state index contributed by atoms with van der Waals surface area (Å²) in [4.78, 5) is 28.9. The van der Waals surface area contributed by atoms with Crippen LogP contribution in [0.5, 0.6) is 0 Å². The number of carbonyl (C=O) groups is 1. The third-order valence-electron chi connectivity index (χ3n) is 5.18. The molecular formula is C22H17F6N5O2. The van der Waals surface area contributed by atoms with Gasteiger partial charge in [0.05, 0.1) is 22.3 Å². The minimum atomic E-state index is -4.63. The normalized spacial score (nSPS) is 12.6. The van der Waals surface area contributed by atoms with E-state index in [1.54, 1.807) is 13.8 Å². The first kappa shape index (κ1) is 24.2. The Balaban J connectivity index is 1.64. The molecule has 13 heteroatoms. The first-order chi connectivity index (χ1) is 16.2. The lowest BCUT2D eigenvalue weighted by Crippen LogP contribution is -2.31. The zero-order chi connectivity index (χ0) is 25.7. The summed E-state index contributed by atoms with van der Waals surface area (Å²) in [6.07, 6.45) is -7.24. The predicted octanol–water partition coefficient (Wildman–Crippen LogP) is 4.84. The van der Waals surface area contributed by atoms with E-state index in [1.807, 2.05) is 0 Å². The van der Waals surface area contributed by atoms with Crippen LogP contribution in [0.1, 0.15) is 36.7 Å². The van der Waals surface area contributed by atoms with E-state index in [9.17, 15) is 35.9 Å². The summed E-state index contributed by atoms with van der Waals surface area (Å²) in [5, 5.41) is 6.61. The number of hydrogen-bond donors (Lipinski definition) is 1. The number of aromatic nitrogens is 4. The molecule has 7 nitrogen and oxygen atoms in total. The maximum Gasteiger partial charge on any atom is 0.434 e. The molecule has 0 aliphatic heterocycles. The fourth-order valence-electron chi connectivity index (χ4n) is 3.56. The van der Waals surface area contributed by atoms with Crippen LogP contribution in [0.2, 0.25) is 0 Å². The van der Waals surface area contributed by atoms with E-state index in [2.05, 4.69) is 15.4 Å². The number of rotatable bonds is 4. The largest absolute Gasteiger partial charge is 0.434 e. The van der Waals surface area contributed by atoms with Crippen LogP contribution in [0.3, 0.4) is 0 Å². The molecule has 184 valence electrons. The quantitative estimate of drug-likeness (QED) is 0.409. The summed E-state index contributed by atoms with van der Waals surface area (Å²) >= 11 is 0. The molecule has 1 N–H and O–H groups in total. The molecule has 3 heterocycles. The van der Waals surface area contributed by atoms with Gasteiger partial charge >= 0.3 is 12.4 Å². The van der Waals surface area contributed by atoms with Gasteiger partial charge in [-0.25, -0.2) is 9.67 Å². The van der Waals surface area contributed by atoms with Crippen LogP contribution in [-0.4, -0.2) is 25.1 Å². The highest BCUT2D eigenvalue weighted by Gasteiger charge is 2.34. The zero-order valence-electron chi connectivity index (χ0n) is 18.2. The van der Waals surface area contributed by atoms with Gasteiger partial charge in [0.1, 0.15) is 12.2 Å². The SMILES string of the molecule is CC(C)c1nn(CC(=O)Nc2ccc3nc(C(F)(F)F)cn3c2)c(=O)c2ccc(C(F)(F)F)cc12. The number of hydrogen-bond acceptors (Lipinski definition) is 4. The van der Waals surface area contributed by atoms with Crippen molar-refractivity contribution in [3.63, 3.8) is 0 Å². The number of imidazole rings is 1. The average Bonchev–Trinajstić information content (AvgIpc) is 3.18. The maximum absolute atomic E-state index is 13.1. The van der Waals surface area contributed by atoms with Crippen molar-refractivity contribution in [2.24, 2.45) is 0 Å². The van der Waals surface area contributed by atoms with E-state index in [1.165, 1.54) is 18.3 Å². The lowest BCUT2D eigenvalue weighted by molar-refractivity contribution is -0.141. The van der Waals surface area contributed by atoms with E-state index in [0.29, 0.717) is 0 Å². The Morgan fingerprint density at radius 1 is 1.00 bits per heavy atom. The molecule has 0 saturated carbocycles. The van der Waals surface area contributed by atoms with Crippen molar-refractivity contribution in [3.05, 3.63) is 70.0 Å². The molecule has 0 fully saturated rings. The van der Waals surface area contributed by atoms with E-state index < -0.39 is 41.6 Å². The van der Waals surface area contributed by atoms with Crippen LogP contribution >= 0.6 is 0 Å². The molecule has 0 aliphatic carbocycles. The second kappa shape index (κ2) is 8.40. The highest BCUT2D eigenvalue weighted by atomic mass is 19.4. The van der Waals surface area contributed by atoms with E-state index >= 15 is 0 Å². The molecule has 4 rings (SSSR count). The summed E-state index contributed by atoms with van der Waals surface area (Å²) in [5.74, 6) is -1.07. The molecule has 0 radical (unpaired) electrons. The number of halogens is 6. The summed E-state index contributed by atoms with van der Waals surface area (Å²) in [6.45, 7) is 2.81. The monoisotopic (exact) mass is 497 g/mol. The molecule has 0 atom stereocenters. The number of fused-ring (bicyclic) bond motifs is 2. The fourth-order valence-corrected chi connectivity index (χ4v) is 3.56. The molecule has 35 heavy (non-hydrogen) atoms. The van der Waals surface area contributed by atoms with Crippen LogP contribution in [0, 0.1) is 0 Å². The Labute approximate surface area is 193 Å². The maximum atomic E-state index is 13.1. The van der Waals surface area contributed by atoms with Crippen LogP contribution < -0.4 is 10.9 Å². The Hall–Kier alpha value is -3.90. The minimum absolute atomic E-state index is 0.0162. The topological polar surface area (TPSA) is 81.3 Å². The summed E-state index contributed by atoms with van der Waals surface area (Å²) < 4.78 is 79.9. The molecule has 0 aliphatic rings. The van der Waals surface area contributed by atoms with Gasteiger partial charge in [-0.2, -0.15) is 31.4 Å². The summed E-state index contributed by atoms with van der Waals surface area (Å²) in [5.41, 5.74) is -2.41. The summed E-state index contributed by atoms with van der Waals surface area (Å²) in [6, 6.07) is 5.32. The highest BCUT2D eigenvalue weighted by molar-refractivity contribution is 5.91. The van der Waals surface area contributed by atoms with Gasteiger partial charge in [-0.1, -0.05) is 13.8 Å². The van der Waals surface area contributed by atoms with Gasteiger partial charge in [-0.3, -0.25) is 9.59 Å². The van der Waals surface area contributed by atoms with E-state index in [0.717, 1.165) is 33.5 Å². The molecule has 4 aromatic rings. The third-order valence-corrected chi connectivity index (χ3v) is 5.18. The molecule has 0 unspecified atom stereocenters. The number of nitrogens with zero attached hydrogens (tertiary/aromatic N) is 4. The molecule has 3 aromatic heterocycles. The lowest BCUT2D eigenvalue weighted by Gasteiger charge is -2.15. The molecule has 1 amide bonds. The second-order valence-electron chi connectivity index (χ2n) is 8.12. The van der Waals surface area contributed by atoms with Crippen LogP contribution in [-0.2, 0) is 23.7 Å². The number of benzene rings is 1. The standard InChI is InChI=1S/C22H17F6N5O2/c1-11(2)19-15-7-12(21(23,24)25)3-5-14(15)20(35)33(31-19)10-18(34)29-13-4-6-17-30-16(22(26,27)28)9-32(17)8-13/h3-9,11H,10H2,1-2H3,(H,29,34). The van der Waals surface area contributed by atoms with Crippen molar-refractivity contribution in [1.82, 2.24) is 19.2 Å². The van der Waals surface area contributed by atoms with Gasteiger partial charge < -0.3 is 9.72 Å². The van der Waals surface area contributed by atoms with E-state index in [4.69, 9.17) is 0 Å². The van der Waals surface area contributed by atoms with Gasteiger partial charge in [-0.05, 0) is 36.2 Å². The molecular weight excluding hydrogens is 480 g/mol. The van der Waals surface area contributed by atoms with Crippen LogP contribution in [0.25, 0.3) is 16.4 Å². The Morgan fingerprint density at radius 3 is 2.34 bits per heavy atom. The fraction of sp³-hybridized carbons (Fsp3) is 0.273. The van der Waals surface area contributed by atoms with Crippen molar-refractivity contribution in [2.45, 2.75) is 38.7 Å². The van der Waals surface area contributed by atoms with Crippen molar-refractivity contribution in [1.29, 1.82) is 0 Å². The Morgan fingerprint density at radius 2 is 1.71 bits per heavy atom. The third kappa shape index (κ3) is 4.84. The smallest absolute Gasteiger partial charge is 0.323 e. The number of carbonyl (C=O) groups excluding carboxylic acids is 1. The van der Waals surface area contributed by atoms with Crippen molar-refractivity contribution >= 4 is 28.0 Å². The Kier molecular flexibility index (Phi) is 5.81. The first-order valence-electron chi connectivity index (χ1n) is 10.2. The Bertz CT molecular complexity index is 1500. The van der Waals surface area contributed by atoms with Gasteiger partial charge in [-0.15, -0.1) is 0 Å². The molecule has 0 saturated heterocycles. The average molecular weight is 497 g/mol. The summed E-state index contributed by atoms with van der Waals surface area (Å²) in [7, 11) is 0. The first-order valence-corrected chi connectivity index (χ1v) is 10.2. The molecule has 0 spiro atoms. The molecule has 0 bridgehead atoms. The van der Waals surface area contributed by atoms with Crippen LogP contribution in [0.15, 0.2) is 47.5 Å². The number of pyridine rings is 1. The second-order valence-corrected chi connectivity index (χ2v) is 8.12. The minimum Gasteiger partial charge on any atom is -0.323 e. The van der Waals surface area contributed by atoms with Crippen molar-refractivity contribution < 1.29 is 31.1 Å². The highest BCUT2D eigenvalue weighted by Crippen LogP contribution is 2.32. The van der Waals surface area contributed by atoms with Crippen molar-refractivity contribution in [3.8, 4) is 0 Å². The molecule has 1 aromatic carbocycles. The van der Waals surface area contributed by atoms with Crippen LogP contribution in [0.4, 0.5) is 32.0 Å².